The summed E-state index contributed by atoms with van der Waals surface area (Å²) in [4.78, 5) is 0. The van der Waals surface area contributed by atoms with Gasteiger partial charge in [0.15, 0.2) is 0 Å². The van der Waals surface area contributed by atoms with Crippen LogP contribution in [-0.2, 0) is 10.0 Å². The maximum atomic E-state index is 12.6. The molecule has 21 heavy (non-hydrogen) atoms. The van der Waals surface area contributed by atoms with Crippen molar-refractivity contribution in [2.75, 3.05) is 23.1 Å². The summed E-state index contributed by atoms with van der Waals surface area (Å²) in [6.45, 7) is 7.55. The zero-order valence-corrected chi connectivity index (χ0v) is 14.0. The highest BCUT2D eigenvalue weighted by molar-refractivity contribution is 7.92. The normalized spacial score (nSPS) is 18.9. The van der Waals surface area contributed by atoms with Crippen LogP contribution in [0.15, 0.2) is 24.3 Å². The molecule has 4 nitrogen and oxygen atoms in total. The minimum atomic E-state index is -3.23. The van der Waals surface area contributed by atoms with E-state index >= 15 is 0 Å². The quantitative estimate of drug-likeness (QED) is 0.879. The molecule has 0 spiro atoms. The van der Waals surface area contributed by atoms with Crippen LogP contribution in [-0.4, -0.2) is 27.3 Å². The molecule has 1 aliphatic heterocycles. The molecule has 0 radical (unpaired) electrons. The molecule has 0 aromatic heterocycles. The number of hydrogen-bond donors (Lipinski definition) is 1. The highest BCUT2D eigenvalue weighted by Crippen LogP contribution is 2.35. The van der Waals surface area contributed by atoms with Crippen LogP contribution in [0, 0.1) is 5.92 Å². The van der Waals surface area contributed by atoms with E-state index in [1.807, 2.05) is 38.1 Å². The molecule has 1 unspecified atom stereocenters. The summed E-state index contributed by atoms with van der Waals surface area (Å²) < 4.78 is 26.8. The summed E-state index contributed by atoms with van der Waals surface area (Å²) in [5, 5.41) is 3.52. The van der Waals surface area contributed by atoms with Crippen molar-refractivity contribution < 1.29 is 8.42 Å². The second kappa shape index (κ2) is 6.79. The van der Waals surface area contributed by atoms with Gasteiger partial charge in [0.05, 0.1) is 11.4 Å². The lowest BCUT2D eigenvalue weighted by atomic mass is 9.98. The summed E-state index contributed by atoms with van der Waals surface area (Å²) >= 11 is 0. The third kappa shape index (κ3) is 3.77. The van der Waals surface area contributed by atoms with Crippen molar-refractivity contribution in [3.8, 4) is 0 Å². The SMILES string of the molecule is CCCNC1CCN(S(=O)(=O)CC(C)C)c2ccccc21. The average molecular weight is 310 g/mol. The molecule has 0 amide bonds. The monoisotopic (exact) mass is 310 g/mol. The van der Waals surface area contributed by atoms with Gasteiger partial charge in [0.1, 0.15) is 0 Å². The van der Waals surface area contributed by atoms with Crippen LogP contribution in [0.3, 0.4) is 0 Å². The number of anilines is 1. The van der Waals surface area contributed by atoms with E-state index in [-0.39, 0.29) is 17.7 Å². The first-order valence-electron chi connectivity index (χ1n) is 7.78. The topological polar surface area (TPSA) is 49.4 Å². The van der Waals surface area contributed by atoms with E-state index in [4.69, 9.17) is 0 Å². The van der Waals surface area contributed by atoms with Crippen molar-refractivity contribution in [3.05, 3.63) is 29.8 Å². The van der Waals surface area contributed by atoms with Gasteiger partial charge in [0.2, 0.25) is 10.0 Å². The fraction of sp³-hybridized carbons (Fsp3) is 0.625. The van der Waals surface area contributed by atoms with Crippen molar-refractivity contribution in [3.63, 3.8) is 0 Å². The Morgan fingerprint density at radius 1 is 1.33 bits per heavy atom. The van der Waals surface area contributed by atoms with Gasteiger partial charge in [-0.2, -0.15) is 0 Å². The molecule has 1 heterocycles. The van der Waals surface area contributed by atoms with Crippen LogP contribution in [0.1, 0.15) is 45.2 Å². The van der Waals surface area contributed by atoms with E-state index in [1.165, 1.54) is 0 Å². The van der Waals surface area contributed by atoms with E-state index in [0.29, 0.717) is 6.54 Å². The Kier molecular flexibility index (Phi) is 5.27. The number of para-hydroxylation sites is 1. The van der Waals surface area contributed by atoms with Gasteiger partial charge >= 0.3 is 0 Å². The van der Waals surface area contributed by atoms with Crippen LogP contribution >= 0.6 is 0 Å². The fourth-order valence-electron chi connectivity index (χ4n) is 2.86. The molecule has 1 aliphatic rings. The molecule has 0 fully saturated rings. The molecular formula is C16H26N2O2S. The van der Waals surface area contributed by atoms with Gasteiger partial charge in [-0.05, 0) is 36.9 Å². The van der Waals surface area contributed by atoms with E-state index in [2.05, 4.69) is 12.2 Å². The van der Waals surface area contributed by atoms with Crippen LogP contribution in [0.5, 0.6) is 0 Å². The number of nitrogens with one attached hydrogen (secondary N) is 1. The zero-order valence-electron chi connectivity index (χ0n) is 13.2. The number of benzene rings is 1. The Balaban J connectivity index is 2.31. The minimum Gasteiger partial charge on any atom is -0.310 e. The largest absolute Gasteiger partial charge is 0.310 e. The number of rotatable bonds is 6. The first-order valence-corrected chi connectivity index (χ1v) is 9.39. The molecule has 0 saturated heterocycles. The fourth-order valence-corrected chi connectivity index (χ4v) is 4.73. The molecule has 5 heteroatoms. The standard InChI is InChI=1S/C16H26N2O2S/c1-4-10-17-15-9-11-18(21(19,20)12-13(2)3)16-8-6-5-7-14(15)16/h5-8,13,15,17H,4,9-12H2,1-3H3. The summed E-state index contributed by atoms with van der Waals surface area (Å²) in [7, 11) is -3.23. The number of fused-ring (bicyclic) bond motifs is 1. The first-order chi connectivity index (χ1) is 9.95. The molecule has 0 bridgehead atoms. The molecule has 1 atom stereocenters. The Morgan fingerprint density at radius 3 is 2.71 bits per heavy atom. The molecule has 0 saturated carbocycles. The lowest BCUT2D eigenvalue weighted by Crippen LogP contribution is -2.41. The smallest absolute Gasteiger partial charge is 0.235 e. The minimum absolute atomic E-state index is 0.137. The van der Waals surface area contributed by atoms with E-state index in [1.54, 1.807) is 4.31 Å². The summed E-state index contributed by atoms with van der Waals surface area (Å²) in [5.74, 6) is 0.340. The third-order valence-corrected chi connectivity index (χ3v) is 5.86. The van der Waals surface area contributed by atoms with Crippen molar-refractivity contribution >= 4 is 15.7 Å². The second-order valence-electron chi connectivity index (χ2n) is 6.10. The van der Waals surface area contributed by atoms with Gasteiger partial charge in [-0.15, -0.1) is 0 Å². The predicted molar refractivity (Wildman–Crippen MR) is 88.1 cm³/mol. The van der Waals surface area contributed by atoms with Gasteiger partial charge in [0.25, 0.3) is 0 Å². The van der Waals surface area contributed by atoms with E-state index < -0.39 is 10.0 Å². The number of hydrogen-bond acceptors (Lipinski definition) is 3. The first kappa shape index (κ1) is 16.3. The molecule has 1 aromatic carbocycles. The predicted octanol–water partition coefficient (Wildman–Crippen LogP) is 2.92. The molecule has 1 aromatic rings. The van der Waals surface area contributed by atoms with Crippen LogP contribution in [0.25, 0.3) is 0 Å². The zero-order chi connectivity index (χ0) is 15.5. The highest BCUT2D eigenvalue weighted by Gasteiger charge is 2.31. The van der Waals surface area contributed by atoms with Gasteiger partial charge in [-0.3, -0.25) is 4.31 Å². The Hall–Kier alpha value is -1.07. The number of nitrogens with zero attached hydrogens (tertiary/aromatic N) is 1. The Bertz CT molecular complexity index is 569. The highest BCUT2D eigenvalue weighted by atomic mass is 32.2. The van der Waals surface area contributed by atoms with Gasteiger partial charge < -0.3 is 5.32 Å². The number of sulfonamides is 1. The third-order valence-electron chi connectivity index (χ3n) is 3.72. The van der Waals surface area contributed by atoms with Gasteiger partial charge in [-0.1, -0.05) is 39.0 Å². The summed E-state index contributed by atoms with van der Waals surface area (Å²) in [6, 6.07) is 8.12. The molecule has 1 N–H and O–H groups in total. The summed E-state index contributed by atoms with van der Waals surface area (Å²) in [6.07, 6.45) is 1.91. The maximum Gasteiger partial charge on any atom is 0.235 e. The van der Waals surface area contributed by atoms with Crippen molar-refractivity contribution in [1.29, 1.82) is 0 Å². The summed E-state index contributed by atoms with van der Waals surface area (Å²) in [5.41, 5.74) is 1.95. The lowest BCUT2D eigenvalue weighted by molar-refractivity contribution is 0.487. The van der Waals surface area contributed by atoms with Crippen LogP contribution in [0.4, 0.5) is 5.69 Å². The molecular weight excluding hydrogens is 284 g/mol. The van der Waals surface area contributed by atoms with Gasteiger partial charge in [0, 0.05) is 12.6 Å². The van der Waals surface area contributed by atoms with E-state index in [0.717, 1.165) is 30.6 Å². The second-order valence-corrected chi connectivity index (χ2v) is 8.04. The molecule has 118 valence electrons. The van der Waals surface area contributed by atoms with Crippen LogP contribution < -0.4 is 9.62 Å². The Morgan fingerprint density at radius 2 is 2.05 bits per heavy atom. The lowest BCUT2D eigenvalue weighted by Gasteiger charge is -2.35. The van der Waals surface area contributed by atoms with Gasteiger partial charge in [-0.25, -0.2) is 8.42 Å². The van der Waals surface area contributed by atoms with Crippen molar-refractivity contribution in [2.45, 2.75) is 39.7 Å². The molecule has 2 rings (SSSR count). The van der Waals surface area contributed by atoms with Crippen molar-refractivity contribution in [2.24, 2.45) is 5.92 Å². The van der Waals surface area contributed by atoms with E-state index in [9.17, 15) is 8.42 Å². The maximum absolute atomic E-state index is 12.6. The average Bonchev–Trinajstić information content (AvgIpc) is 2.43. The Labute approximate surface area is 128 Å². The molecule has 0 aliphatic carbocycles. The van der Waals surface area contributed by atoms with Crippen molar-refractivity contribution in [1.82, 2.24) is 5.32 Å². The van der Waals surface area contributed by atoms with Crippen LogP contribution in [0.2, 0.25) is 0 Å².